The fourth-order valence-electron chi connectivity index (χ4n) is 3.02. The van der Waals surface area contributed by atoms with E-state index in [-0.39, 0.29) is 11.9 Å². The summed E-state index contributed by atoms with van der Waals surface area (Å²) in [5.74, 6) is 2.21. The highest BCUT2D eigenvalue weighted by molar-refractivity contribution is 5.92. The molecule has 1 aliphatic heterocycles. The molecule has 7 nitrogen and oxygen atoms in total. The first-order chi connectivity index (χ1) is 11.7. The number of aromatic nitrogens is 3. The van der Waals surface area contributed by atoms with E-state index in [0.717, 1.165) is 49.7 Å². The van der Waals surface area contributed by atoms with Crippen LogP contribution in [0.15, 0.2) is 24.4 Å². The summed E-state index contributed by atoms with van der Waals surface area (Å²) in [6.07, 6.45) is 4.92. The fraction of sp³-hybridized carbons (Fsp3) is 0.471. The van der Waals surface area contributed by atoms with Gasteiger partial charge in [-0.25, -0.2) is 9.97 Å². The molecule has 1 aliphatic carbocycles. The Labute approximate surface area is 140 Å². The van der Waals surface area contributed by atoms with E-state index >= 15 is 0 Å². The quantitative estimate of drug-likeness (QED) is 0.765. The molecule has 2 aromatic rings. The van der Waals surface area contributed by atoms with Gasteiger partial charge in [-0.1, -0.05) is 6.07 Å². The molecule has 126 valence electrons. The smallest absolute Gasteiger partial charge is 0.269 e. The van der Waals surface area contributed by atoms with Crippen molar-refractivity contribution in [3.05, 3.63) is 41.6 Å². The van der Waals surface area contributed by atoms with Crippen molar-refractivity contribution in [2.24, 2.45) is 5.73 Å². The lowest BCUT2D eigenvalue weighted by atomic mass is 10.3. The zero-order chi connectivity index (χ0) is 16.5. The first kappa shape index (κ1) is 15.1. The molecule has 1 saturated heterocycles. The highest BCUT2D eigenvalue weighted by atomic mass is 16.1. The number of nitrogens with one attached hydrogen (secondary N) is 2. The van der Waals surface area contributed by atoms with Crippen molar-refractivity contribution in [1.29, 1.82) is 0 Å². The van der Waals surface area contributed by atoms with E-state index in [1.54, 1.807) is 6.20 Å². The molecule has 2 aliphatic rings. The van der Waals surface area contributed by atoms with Crippen LogP contribution in [0.2, 0.25) is 0 Å². The Kier molecular flexibility index (Phi) is 3.93. The van der Waals surface area contributed by atoms with Gasteiger partial charge < -0.3 is 20.9 Å². The maximum Gasteiger partial charge on any atom is 0.269 e. The van der Waals surface area contributed by atoms with E-state index in [2.05, 4.69) is 25.2 Å². The molecule has 0 spiro atoms. The summed E-state index contributed by atoms with van der Waals surface area (Å²) < 4.78 is 0. The number of hydrogen-bond acceptors (Lipinski definition) is 5. The zero-order valence-electron chi connectivity index (χ0n) is 13.5. The third-order valence-electron chi connectivity index (χ3n) is 4.57. The standard InChI is InChI=1S/C17H22N6O/c18-12-6-7-23(10-12)15-3-1-2-13(21-15)8-20-17(24)14-9-19-16(22-14)11-4-5-11/h1-3,9,11-12H,4-8,10,18H2,(H,19,22)(H,20,24). The molecule has 4 N–H and O–H groups in total. The highest BCUT2D eigenvalue weighted by Gasteiger charge is 2.27. The molecule has 1 amide bonds. The van der Waals surface area contributed by atoms with Crippen LogP contribution in [0.25, 0.3) is 0 Å². The number of pyridine rings is 1. The molecule has 0 aromatic carbocycles. The molecule has 0 radical (unpaired) electrons. The van der Waals surface area contributed by atoms with Crippen LogP contribution < -0.4 is 16.0 Å². The molecule has 4 rings (SSSR count). The number of amides is 1. The molecule has 2 fully saturated rings. The van der Waals surface area contributed by atoms with E-state index in [1.807, 2.05) is 18.2 Å². The molecule has 24 heavy (non-hydrogen) atoms. The summed E-state index contributed by atoms with van der Waals surface area (Å²) in [6.45, 7) is 2.16. The molecule has 3 heterocycles. The van der Waals surface area contributed by atoms with Gasteiger partial charge in [0.05, 0.1) is 18.4 Å². The number of aromatic amines is 1. The molecule has 2 aromatic heterocycles. The van der Waals surface area contributed by atoms with E-state index in [4.69, 9.17) is 5.73 Å². The number of carbonyl (C=O) groups is 1. The number of nitrogens with two attached hydrogens (primary N) is 1. The van der Waals surface area contributed by atoms with Crippen LogP contribution in [-0.4, -0.2) is 40.0 Å². The molecule has 7 heteroatoms. The van der Waals surface area contributed by atoms with Gasteiger partial charge in [0.25, 0.3) is 5.91 Å². The second-order valence-electron chi connectivity index (χ2n) is 6.62. The molecule has 0 bridgehead atoms. The lowest BCUT2D eigenvalue weighted by molar-refractivity contribution is 0.0946. The lowest BCUT2D eigenvalue weighted by Gasteiger charge is -2.17. The normalized spacial score (nSPS) is 20.4. The average molecular weight is 326 g/mol. The van der Waals surface area contributed by atoms with E-state index in [9.17, 15) is 4.79 Å². The minimum absolute atomic E-state index is 0.148. The second-order valence-corrected chi connectivity index (χ2v) is 6.62. The van der Waals surface area contributed by atoms with Gasteiger partial charge in [0.15, 0.2) is 0 Å². The maximum atomic E-state index is 12.2. The van der Waals surface area contributed by atoms with Gasteiger partial charge in [-0.15, -0.1) is 0 Å². The molecular formula is C17H22N6O. The summed E-state index contributed by atoms with van der Waals surface area (Å²) in [5, 5.41) is 2.90. The predicted molar refractivity (Wildman–Crippen MR) is 90.8 cm³/mol. The van der Waals surface area contributed by atoms with Crippen molar-refractivity contribution in [1.82, 2.24) is 20.3 Å². The first-order valence-corrected chi connectivity index (χ1v) is 8.48. The van der Waals surface area contributed by atoms with E-state index < -0.39 is 0 Å². The Balaban J connectivity index is 1.37. The van der Waals surface area contributed by atoms with Gasteiger partial charge in [0.2, 0.25) is 0 Å². The summed E-state index contributed by atoms with van der Waals surface area (Å²) in [7, 11) is 0. The topological polar surface area (TPSA) is 99.9 Å². The number of hydrogen-bond donors (Lipinski definition) is 3. The Hall–Kier alpha value is -2.41. The summed E-state index contributed by atoms with van der Waals surface area (Å²) >= 11 is 0. The van der Waals surface area contributed by atoms with Crippen LogP contribution >= 0.6 is 0 Å². The van der Waals surface area contributed by atoms with Crippen LogP contribution in [0.1, 0.15) is 47.2 Å². The minimum Gasteiger partial charge on any atom is -0.355 e. The Morgan fingerprint density at radius 1 is 1.38 bits per heavy atom. The first-order valence-electron chi connectivity index (χ1n) is 8.48. The average Bonchev–Trinajstić information content (AvgIpc) is 3.16. The number of carbonyl (C=O) groups excluding carboxylic acids is 1. The maximum absolute atomic E-state index is 12.2. The highest BCUT2D eigenvalue weighted by Crippen LogP contribution is 2.38. The largest absolute Gasteiger partial charge is 0.355 e. The summed E-state index contributed by atoms with van der Waals surface area (Å²) in [4.78, 5) is 26.4. The molecule has 1 atom stereocenters. The van der Waals surface area contributed by atoms with Crippen LogP contribution in [0, 0.1) is 0 Å². The monoisotopic (exact) mass is 326 g/mol. The third kappa shape index (κ3) is 3.26. The second kappa shape index (κ2) is 6.24. The van der Waals surface area contributed by atoms with Gasteiger partial charge in [0, 0.05) is 25.0 Å². The van der Waals surface area contributed by atoms with E-state index in [0.29, 0.717) is 18.2 Å². The Morgan fingerprint density at radius 3 is 3.00 bits per heavy atom. The lowest BCUT2D eigenvalue weighted by Crippen LogP contribution is -2.27. The number of nitrogens with zero attached hydrogens (tertiary/aromatic N) is 3. The van der Waals surface area contributed by atoms with Crippen LogP contribution in [0.3, 0.4) is 0 Å². The van der Waals surface area contributed by atoms with Crippen LogP contribution in [0.4, 0.5) is 5.82 Å². The number of rotatable bonds is 5. The molecular weight excluding hydrogens is 304 g/mol. The Bertz CT molecular complexity index is 738. The predicted octanol–water partition coefficient (Wildman–Crippen LogP) is 1.15. The van der Waals surface area contributed by atoms with Crippen molar-refractivity contribution in [2.45, 2.75) is 37.8 Å². The van der Waals surface area contributed by atoms with Gasteiger partial charge in [-0.2, -0.15) is 0 Å². The van der Waals surface area contributed by atoms with Crippen LogP contribution in [-0.2, 0) is 6.54 Å². The van der Waals surface area contributed by atoms with Gasteiger partial charge in [0.1, 0.15) is 17.3 Å². The van der Waals surface area contributed by atoms with Crippen molar-refractivity contribution < 1.29 is 4.79 Å². The van der Waals surface area contributed by atoms with Crippen molar-refractivity contribution in [3.8, 4) is 0 Å². The van der Waals surface area contributed by atoms with Crippen molar-refractivity contribution >= 4 is 11.7 Å². The molecule has 1 saturated carbocycles. The SMILES string of the molecule is NC1CCN(c2cccc(CNC(=O)c3cnc(C4CC4)[nH]3)n2)C1. The molecule has 1 unspecified atom stereocenters. The number of anilines is 1. The van der Waals surface area contributed by atoms with Gasteiger partial charge in [-0.05, 0) is 31.4 Å². The third-order valence-corrected chi connectivity index (χ3v) is 4.57. The summed E-state index contributed by atoms with van der Waals surface area (Å²) in [6, 6.07) is 6.09. The van der Waals surface area contributed by atoms with Gasteiger partial charge in [-0.3, -0.25) is 4.79 Å². The van der Waals surface area contributed by atoms with Crippen LogP contribution in [0.5, 0.6) is 0 Å². The zero-order valence-corrected chi connectivity index (χ0v) is 13.5. The Morgan fingerprint density at radius 2 is 2.25 bits per heavy atom. The summed E-state index contributed by atoms with van der Waals surface area (Å²) in [5.41, 5.74) is 7.30. The number of imidazole rings is 1. The van der Waals surface area contributed by atoms with Gasteiger partial charge >= 0.3 is 0 Å². The van der Waals surface area contributed by atoms with E-state index in [1.165, 1.54) is 0 Å². The fourth-order valence-corrected chi connectivity index (χ4v) is 3.02. The van der Waals surface area contributed by atoms with Crippen molar-refractivity contribution in [2.75, 3.05) is 18.0 Å². The number of H-pyrrole nitrogens is 1. The minimum atomic E-state index is -0.148. The van der Waals surface area contributed by atoms with Crippen molar-refractivity contribution in [3.63, 3.8) is 0 Å².